The van der Waals surface area contributed by atoms with Gasteiger partial charge in [-0.3, -0.25) is 0 Å². The molecule has 0 aliphatic heterocycles. The van der Waals surface area contributed by atoms with Crippen LogP contribution in [0.5, 0.6) is 11.5 Å². The molecular weight excluding hydrogens is 370 g/mol. The van der Waals surface area contributed by atoms with Crippen LogP contribution < -0.4 is 14.8 Å². The summed E-state index contributed by atoms with van der Waals surface area (Å²) in [6.07, 6.45) is 0.971. The molecular formula is C27H33NO2. The highest BCUT2D eigenvalue weighted by Gasteiger charge is 2.13. The van der Waals surface area contributed by atoms with E-state index in [0.29, 0.717) is 6.61 Å². The normalized spacial score (nSPS) is 12.3. The third-order valence-corrected chi connectivity index (χ3v) is 5.01. The molecule has 1 unspecified atom stereocenters. The van der Waals surface area contributed by atoms with Crippen molar-refractivity contribution < 1.29 is 9.47 Å². The first-order chi connectivity index (χ1) is 14.4. The topological polar surface area (TPSA) is 30.5 Å². The van der Waals surface area contributed by atoms with Crippen molar-refractivity contribution in [2.24, 2.45) is 0 Å². The lowest BCUT2D eigenvalue weighted by molar-refractivity contribution is 0.234. The second-order valence-electron chi connectivity index (χ2n) is 8.69. The number of rotatable bonds is 9. The van der Waals surface area contributed by atoms with Crippen molar-refractivity contribution in [2.45, 2.75) is 45.6 Å². The molecule has 0 amide bonds. The molecule has 0 fully saturated rings. The van der Waals surface area contributed by atoms with Crippen LogP contribution in [0.1, 0.15) is 38.8 Å². The van der Waals surface area contributed by atoms with E-state index in [9.17, 15) is 0 Å². The minimum absolute atomic E-state index is 0.0623. The number of hydrogen-bond acceptors (Lipinski definition) is 3. The average molecular weight is 404 g/mol. The van der Waals surface area contributed by atoms with Gasteiger partial charge in [-0.25, -0.2) is 0 Å². The van der Waals surface area contributed by atoms with Crippen LogP contribution in [-0.4, -0.2) is 19.3 Å². The first-order valence-electron chi connectivity index (χ1n) is 10.7. The Morgan fingerprint density at radius 3 is 2.07 bits per heavy atom. The Balaban J connectivity index is 1.41. The third kappa shape index (κ3) is 6.84. The number of benzene rings is 3. The third-order valence-electron chi connectivity index (χ3n) is 5.01. The van der Waals surface area contributed by atoms with Gasteiger partial charge in [0.25, 0.3) is 0 Å². The first kappa shape index (κ1) is 21.8. The predicted molar refractivity (Wildman–Crippen MR) is 126 cm³/mol. The fourth-order valence-electron chi connectivity index (χ4n) is 3.17. The molecule has 0 aliphatic carbocycles. The van der Waals surface area contributed by atoms with Gasteiger partial charge >= 0.3 is 0 Å². The maximum Gasteiger partial charge on any atom is 0.119 e. The lowest BCUT2D eigenvalue weighted by Crippen LogP contribution is -2.22. The molecule has 0 bridgehead atoms. The molecule has 30 heavy (non-hydrogen) atoms. The molecule has 3 aromatic rings. The molecule has 158 valence electrons. The van der Waals surface area contributed by atoms with E-state index in [2.05, 4.69) is 81.5 Å². The molecule has 3 nitrogen and oxygen atoms in total. The van der Waals surface area contributed by atoms with Crippen molar-refractivity contribution in [3.63, 3.8) is 0 Å². The minimum atomic E-state index is 0.0623. The quantitative estimate of drug-likeness (QED) is 0.443. The van der Waals surface area contributed by atoms with E-state index in [0.717, 1.165) is 30.2 Å². The van der Waals surface area contributed by atoms with Crippen LogP contribution in [-0.2, 0) is 11.8 Å². The Bertz CT molecular complexity index is 881. The maximum atomic E-state index is 6.04. The standard InChI is InChI=1S/C27H33NO2/c1-21(30-26-14-10-23(11-15-26)27(2,3)4)20-28-24-12-16-25(17-13-24)29-19-18-22-8-6-5-7-9-22/h5-17,21,28H,18-20H2,1-4H3. The molecule has 0 spiro atoms. The van der Waals surface area contributed by atoms with Gasteiger partial charge in [-0.15, -0.1) is 0 Å². The van der Waals surface area contributed by atoms with Crippen molar-refractivity contribution in [3.8, 4) is 11.5 Å². The number of ether oxygens (including phenoxy) is 2. The zero-order valence-electron chi connectivity index (χ0n) is 18.5. The number of nitrogens with one attached hydrogen (secondary N) is 1. The van der Waals surface area contributed by atoms with Crippen molar-refractivity contribution in [1.29, 1.82) is 0 Å². The fraction of sp³-hybridized carbons (Fsp3) is 0.333. The van der Waals surface area contributed by atoms with Gasteiger partial charge in [0.1, 0.15) is 17.6 Å². The largest absolute Gasteiger partial charge is 0.493 e. The summed E-state index contributed by atoms with van der Waals surface area (Å²) in [6.45, 7) is 10.1. The van der Waals surface area contributed by atoms with Crippen molar-refractivity contribution in [2.75, 3.05) is 18.5 Å². The van der Waals surface area contributed by atoms with Crippen molar-refractivity contribution in [1.82, 2.24) is 0 Å². The van der Waals surface area contributed by atoms with E-state index in [-0.39, 0.29) is 11.5 Å². The zero-order chi connectivity index (χ0) is 21.4. The van der Waals surface area contributed by atoms with E-state index >= 15 is 0 Å². The van der Waals surface area contributed by atoms with Gasteiger partial charge in [-0.1, -0.05) is 63.2 Å². The minimum Gasteiger partial charge on any atom is -0.493 e. The average Bonchev–Trinajstić information content (AvgIpc) is 2.74. The van der Waals surface area contributed by atoms with Gasteiger partial charge in [-0.05, 0) is 59.9 Å². The lowest BCUT2D eigenvalue weighted by atomic mass is 9.87. The van der Waals surface area contributed by atoms with Crippen molar-refractivity contribution >= 4 is 5.69 Å². The monoisotopic (exact) mass is 403 g/mol. The highest BCUT2D eigenvalue weighted by atomic mass is 16.5. The summed E-state index contributed by atoms with van der Waals surface area (Å²) in [5.41, 5.74) is 3.82. The van der Waals surface area contributed by atoms with Gasteiger partial charge in [0.15, 0.2) is 0 Å². The summed E-state index contributed by atoms with van der Waals surface area (Å²) in [6, 6.07) is 26.9. The Morgan fingerprint density at radius 1 is 0.800 bits per heavy atom. The summed E-state index contributed by atoms with van der Waals surface area (Å²) in [7, 11) is 0. The summed E-state index contributed by atoms with van der Waals surface area (Å²) in [4.78, 5) is 0. The van der Waals surface area contributed by atoms with Crippen LogP contribution in [0.15, 0.2) is 78.9 Å². The Hall–Kier alpha value is -2.94. The van der Waals surface area contributed by atoms with E-state index in [4.69, 9.17) is 9.47 Å². The Morgan fingerprint density at radius 2 is 1.43 bits per heavy atom. The molecule has 0 saturated carbocycles. The maximum absolute atomic E-state index is 6.04. The summed E-state index contributed by atoms with van der Waals surface area (Å²) >= 11 is 0. The van der Waals surface area contributed by atoms with Crippen LogP contribution in [0.25, 0.3) is 0 Å². The highest BCUT2D eigenvalue weighted by Crippen LogP contribution is 2.24. The van der Waals surface area contributed by atoms with Crippen molar-refractivity contribution in [3.05, 3.63) is 90.0 Å². The fourth-order valence-corrected chi connectivity index (χ4v) is 3.17. The van der Waals surface area contributed by atoms with E-state index in [1.807, 2.05) is 30.3 Å². The second kappa shape index (κ2) is 10.2. The van der Waals surface area contributed by atoms with Gasteiger partial charge in [0, 0.05) is 12.1 Å². The van der Waals surface area contributed by atoms with Crippen LogP contribution in [0.4, 0.5) is 5.69 Å². The highest BCUT2D eigenvalue weighted by molar-refractivity contribution is 5.46. The van der Waals surface area contributed by atoms with Gasteiger partial charge in [0.2, 0.25) is 0 Å². The smallest absolute Gasteiger partial charge is 0.119 e. The molecule has 1 N–H and O–H groups in total. The SMILES string of the molecule is CC(CNc1ccc(OCCc2ccccc2)cc1)Oc1ccc(C(C)(C)C)cc1. The Labute approximate surface area is 181 Å². The molecule has 0 saturated heterocycles. The van der Waals surface area contributed by atoms with E-state index < -0.39 is 0 Å². The van der Waals surface area contributed by atoms with Gasteiger partial charge in [-0.2, -0.15) is 0 Å². The van der Waals surface area contributed by atoms with Gasteiger partial charge < -0.3 is 14.8 Å². The number of anilines is 1. The van der Waals surface area contributed by atoms with Gasteiger partial charge in [0.05, 0.1) is 13.2 Å². The summed E-state index contributed by atoms with van der Waals surface area (Å²) in [5.74, 6) is 1.79. The summed E-state index contributed by atoms with van der Waals surface area (Å²) in [5, 5.41) is 3.43. The molecule has 1 atom stereocenters. The zero-order valence-corrected chi connectivity index (χ0v) is 18.5. The molecule has 0 radical (unpaired) electrons. The van der Waals surface area contributed by atoms with E-state index in [1.165, 1.54) is 11.1 Å². The molecule has 0 aliphatic rings. The molecule has 3 rings (SSSR count). The molecule has 0 heterocycles. The molecule has 3 aromatic carbocycles. The van der Waals surface area contributed by atoms with Crippen LogP contribution >= 0.6 is 0 Å². The molecule has 3 heteroatoms. The van der Waals surface area contributed by atoms with Crippen LogP contribution in [0.3, 0.4) is 0 Å². The predicted octanol–water partition coefficient (Wildman–Crippen LogP) is 6.49. The van der Waals surface area contributed by atoms with E-state index in [1.54, 1.807) is 0 Å². The first-order valence-corrected chi connectivity index (χ1v) is 10.7. The summed E-state index contributed by atoms with van der Waals surface area (Å²) < 4.78 is 11.9. The van der Waals surface area contributed by atoms with Crippen LogP contribution in [0.2, 0.25) is 0 Å². The Kier molecular flexibility index (Phi) is 7.40. The molecule has 0 aromatic heterocycles. The second-order valence-corrected chi connectivity index (χ2v) is 8.69. The number of hydrogen-bond donors (Lipinski definition) is 1. The van der Waals surface area contributed by atoms with Crippen LogP contribution in [0, 0.1) is 0 Å². The lowest BCUT2D eigenvalue weighted by Gasteiger charge is -2.20.